The Morgan fingerprint density at radius 1 is 0.567 bits per heavy atom. The molecule has 8 rings (SSSR count). The third-order valence-electron chi connectivity index (χ3n) is 11.9. The Hall–Kier alpha value is -5.82. The van der Waals surface area contributed by atoms with Gasteiger partial charge in [-0.3, -0.25) is 19.4 Å². The maximum absolute atomic E-state index is 13.5. The van der Waals surface area contributed by atoms with Crippen LogP contribution in [0, 0.1) is 23.5 Å². The van der Waals surface area contributed by atoms with Crippen LogP contribution >= 0.6 is 23.2 Å². The van der Waals surface area contributed by atoms with Gasteiger partial charge in [-0.1, -0.05) is 108 Å². The highest BCUT2D eigenvalue weighted by Gasteiger charge is 2.28. The molecule has 0 aliphatic carbocycles. The quantitative estimate of drug-likeness (QED) is 0.0932. The van der Waals surface area contributed by atoms with Gasteiger partial charge in [-0.25, -0.2) is 8.78 Å². The van der Waals surface area contributed by atoms with E-state index in [9.17, 15) is 18.4 Å². The van der Waals surface area contributed by atoms with Crippen LogP contribution in [-0.2, 0) is 9.59 Å². The molecule has 2 heterocycles. The third kappa shape index (κ3) is 16.8. The van der Waals surface area contributed by atoms with Crippen molar-refractivity contribution < 1.29 is 33.0 Å². The maximum atomic E-state index is 13.5. The fourth-order valence-corrected chi connectivity index (χ4v) is 8.16. The number of piperidine rings is 2. The van der Waals surface area contributed by atoms with Crippen molar-refractivity contribution in [1.29, 1.82) is 0 Å². The zero-order valence-electron chi connectivity index (χ0n) is 37.4. The van der Waals surface area contributed by atoms with Gasteiger partial charge in [0.25, 0.3) is 0 Å². The molecule has 0 spiro atoms. The largest absolute Gasteiger partial charge is 0.492 e. The summed E-state index contributed by atoms with van der Waals surface area (Å²) >= 11 is 11.8. The number of ether oxygens (including phenoxy) is 2. The summed E-state index contributed by atoms with van der Waals surface area (Å²) in [6, 6.07) is 46.1. The van der Waals surface area contributed by atoms with Gasteiger partial charge in [-0.2, -0.15) is 0 Å². The number of aliphatic carboxylic acids is 1. The highest BCUT2D eigenvalue weighted by Crippen LogP contribution is 2.27. The van der Waals surface area contributed by atoms with Gasteiger partial charge in [0.2, 0.25) is 5.91 Å². The van der Waals surface area contributed by atoms with Crippen molar-refractivity contribution in [3.05, 3.63) is 202 Å². The zero-order valence-corrected chi connectivity index (χ0v) is 38.9. The summed E-state index contributed by atoms with van der Waals surface area (Å²) < 4.78 is 37.6. The normalized spacial score (nSPS) is 15.4. The van der Waals surface area contributed by atoms with Crippen molar-refractivity contribution in [2.75, 3.05) is 52.5 Å². The van der Waals surface area contributed by atoms with Gasteiger partial charge < -0.3 is 25.6 Å². The van der Waals surface area contributed by atoms with Crippen LogP contribution in [0.3, 0.4) is 0 Å². The smallest absolute Gasteiger partial charge is 0.306 e. The molecular weight excluding hydrogens is 894 g/mol. The van der Waals surface area contributed by atoms with Crippen LogP contribution in [0.1, 0.15) is 60.0 Å². The van der Waals surface area contributed by atoms with Crippen LogP contribution in [0.15, 0.2) is 158 Å². The highest BCUT2D eigenvalue weighted by molar-refractivity contribution is 6.30. The van der Waals surface area contributed by atoms with Crippen LogP contribution in [0.2, 0.25) is 10.0 Å². The Morgan fingerprint density at radius 3 is 1.33 bits per heavy atom. The van der Waals surface area contributed by atoms with Gasteiger partial charge in [0.05, 0.1) is 18.0 Å². The number of benzene rings is 6. The molecule has 13 heteroatoms. The molecule has 6 aromatic rings. The molecule has 0 saturated carbocycles. The molecule has 1 amide bonds. The number of carboxylic acids is 1. The van der Waals surface area contributed by atoms with E-state index in [4.69, 9.17) is 43.5 Å². The predicted molar refractivity (Wildman–Crippen MR) is 262 cm³/mol. The van der Waals surface area contributed by atoms with Gasteiger partial charge >= 0.3 is 5.97 Å². The Bertz CT molecular complexity index is 2280. The predicted octanol–water partition coefficient (Wildman–Crippen LogP) is 10.9. The molecule has 2 aliphatic rings. The number of carbonyl (C=O) groups excluding carboxylic acids is 1. The van der Waals surface area contributed by atoms with Crippen molar-refractivity contribution in [3.8, 4) is 11.5 Å². The molecular formula is C54H58Cl2F2N4O5. The van der Waals surface area contributed by atoms with Crippen molar-refractivity contribution in [2.45, 2.75) is 37.8 Å². The molecule has 0 bridgehead atoms. The summed E-state index contributed by atoms with van der Waals surface area (Å²) in [7, 11) is 0. The molecule has 2 unspecified atom stereocenters. The topological polar surface area (TPSA) is 117 Å². The number of nitrogens with two attached hydrogens (primary N) is 1. The summed E-state index contributed by atoms with van der Waals surface area (Å²) in [6.07, 6.45) is 3.10. The van der Waals surface area contributed by atoms with Crippen molar-refractivity contribution in [2.24, 2.45) is 17.6 Å². The first-order valence-electron chi connectivity index (χ1n) is 22.6. The average Bonchev–Trinajstić information content (AvgIpc) is 3.35. The van der Waals surface area contributed by atoms with Crippen molar-refractivity contribution in [3.63, 3.8) is 0 Å². The summed E-state index contributed by atoms with van der Waals surface area (Å²) in [5.41, 5.74) is 9.63. The molecule has 2 aliphatic heterocycles. The maximum Gasteiger partial charge on any atom is 0.306 e. The minimum absolute atomic E-state index is 0.0273. The number of likely N-dealkylation sites (tertiary alicyclic amines) is 2. The molecule has 2 atom stereocenters. The summed E-state index contributed by atoms with van der Waals surface area (Å²) in [5.74, 6) is 0.367. The number of hydrogen-bond acceptors (Lipinski definition) is 7. The van der Waals surface area contributed by atoms with E-state index in [1.807, 2.05) is 84.9 Å². The van der Waals surface area contributed by atoms with E-state index in [0.717, 1.165) is 98.7 Å². The lowest BCUT2D eigenvalue weighted by Crippen LogP contribution is -2.42. The van der Waals surface area contributed by atoms with Crippen LogP contribution in [-0.4, -0.2) is 79.3 Å². The summed E-state index contributed by atoms with van der Waals surface area (Å²) in [4.78, 5) is 28.6. The first kappa shape index (κ1) is 50.6. The van der Waals surface area contributed by atoms with E-state index in [1.54, 1.807) is 48.5 Å². The fraction of sp³-hybridized carbons (Fsp3) is 0.296. The number of halogens is 4. The van der Waals surface area contributed by atoms with Crippen LogP contribution in [0.4, 0.5) is 8.78 Å². The zero-order chi connectivity index (χ0) is 47.4. The minimum Gasteiger partial charge on any atom is -0.492 e. The molecule has 0 radical (unpaired) electrons. The average molecular weight is 952 g/mol. The lowest BCUT2D eigenvalue weighted by molar-refractivity contribution is -0.143. The van der Waals surface area contributed by atoms with Gasteiger partial charge in [0, 0.05) is 29.1 Å². The fourth-order valence-electron chi connectivity index (χ4n) is 7.90. The van der Waals surface area contributed by atoms with E-state index in [1.165, 1.54) is 24.3 Å². The molecule has 352 valence electrons. The van der Waals surface area contributed by atoms with Crippen molar-refractivity contribution in [1.82, 2.24) is 15.1 Å². The lowest BCUT2D eigenvalue weighted by Gasteiger charge is -2.32. The number of carboxylic acid groups (broad SMARTS) is 1. The standard InChI is InChI=1S/C27H28ClFN2O2.C14H19NO3.C13H11ClFN/c28-23-10-6-20(7-11-23)26(21-8-12-24(29)13-9-21)30-27(32)22-14-16-31(17-15-22)18-19-33-25-4-2-1-3-5-25;16-14(17)12-6-8-15(9-7-12)10-11-18-13-4-2-1-3-5-13;14-11-5-1-9(2-6-11)13(16)10-3-7-12(15)8-4-10/h1-13,22,26H,14-19H2,(H,30,32);1-5,12H,6-11H2,(H,16,17);1-8,13H,16H2. The van der Waals surface area contributed by atoms with Gasteiger partial charge in [-0.15, -0.1) is 0 Å². The Kier molecular flexibility index (Phi) is 20.0. The number of hydrogen-bond donors (Lipinski definition) is 3. The SMILES string of the molecule is NC(c1ccc(F)cc1)c1ccc(Cl)cc1.O=C(NC(c1ccc(F)cc1)c1ccc(Cl)cc1)C1CCN(CCOc2ccccc2)CC1.O=C(O)C1CCN(CCOc2ccccc2)CC1. The Morgan fingerprint density at radius 2 is 0.925 bits per heavy atom. The van der Waals surface area contributed by atoms with Crippen LogP contribution in [0.5, 0.6) is 11.5 Å². The number of rotatable bonds is 15. The second kappa shape index (κ2) is 26.5. The summed E-state index contributed by atoms with van der Waals surface area (Å²) in [5, 5.41) is 13.4. The molecule has 4 N–H and O–H groups in total. The molecule has 2 fully saturated rings. The van der Waals surface area contributed by atoms with E-state index in [2.05, 4.69) is 15.1 Å². The molecule has 0 aromatic heterocycles. The Labute approximate surface area is 402 Å². The lowest BCUT2D eigenvalue weighted by atomic mass is 9.93. The first-order valence-corrected chi connectivity index (χ1v) is 23.4. The number of amides is 1. The van der Waals surface area contributed by atoms with Gasteiger partial charge in [0.15, 0.2) is 0 Å². The molecule has 2 saturated heterocycles. The van der Waals surface area contributed by atoms with Crippen LogP contribution < -0.4 is 20.5 Å². The number of nitrogens with zero attached hydrogens (tertiary/aromatic N) is 2. The first-order chi connectivity index (χ1) is 32.5. The third-order valence-corrected chi connectivity index (χ3v) is 12.4. The van der Waals surface area contributed by atoms with E-state index in [-0.39, 0.29) is 41.5 Å². The van der Waals surface area contributed by atoms with E-state index < -0.39 is 5.97 Å². The van der Waals surface area contributed by atoms with E-state index in [0.29, 0.717) is 23.3 Å². The number of carbonyl (C=O) groups is 2. The van der Waals surface area contributed by atoms with Crippen molar-refractivity contribution >= 4 is 35.1 Å². The second-order valence-corrected chi connectivity index (χ2v) is 17.4. The molecule has 9 nitrogen and oxygen atoms in total. The summed E-state index contributed by atoms with van der Waals surface area (Å²) in [6.45, 7) is 6.42. The van der Waals surface area contributed by atoms with Crippen LogP contribution in [0.25, 0.3) is 0 Å². The van der Waals surface area contributed by atoms with E-state index >= 15 is 0 Å². The monoisotopic (exact) mass is 950 g/mol. The Balaban J connectivity index is 0.000000183. The highest BCUT2D eigenvalue weighted by atomic mass is 35.5. The van der Waals surface area contributed by atoms with Gasteiger partial charge in [0.1, 0.15) is 36.3 Å². The number of para-hydroxylation sites is 2. The number of nitrogens with one attached hydrogen (secondary N) is 1. The molecule has 6 aromatic carbocycles. The van der Waals surface area contributed by atoms with Gasteiger partial charge in [-0.05, 0) is 147 Å². The minimum atomic E-state index is -0.657. The second-order valence-electron chi connectivity index (χ2n) is 16.5. The molecule has 67 heavy (non-hydrogen) atoms.